The van der Waals surface area contributed by atoms with Gasteiger partial charge in [-0.1, -0.05) is 231 Å². The minimum atomic E-state index is -3.10. The lowest BCUT2D eigenvalue weighted by Crippen LogP contribution is -2.93. The lowest BCUT2D eigenvalue weighted by atomic mass is 9.97. The Morgan fingerprint density at radius 3 is 1.44 bits per heavy atom. The van der Waals surface area contributed by atoms with Gasteiger partial charge in [-0.05, 0) is 111 Å². The third kappa shape index (κ3) is 6.01. The lowest BCUT2D eigenvalue weighted by Gasteiger charge is -2.50. The first kappa shape index (κ1) is 40.0. The molecule has 13 rings (SSSR count). The average molecular weight is 900 g/mol. The number of nitrogens with zero attached hydrogens (tertiary/aromatic N) is 1. The zero-order valence-corrected chi connectivity index (χ0v) is 39.3. The second-order valence-electron chi connectivity index (χ2n) is 17.9. The van der Waals surface area contributed by atoms with Crippen molar-refractivity contribution in [2.24, 2.45) is 0 Å². The van der Waals surface area contributed by atoms with Gasteiger partial charge in [0, 0.05) is 16.9 Å². The van der Waals surface area contributed by atoms with Gasteiger partial charge in [-0.2, -0.15) is 0 Å². The Kier molecular flexibility index (Phi) is 9.56. The largest absolute Gasteiger partial charge is 0.458 e. The Bertz CT molecular complexity index is 3580. The topological polar surface area (TPSA) is 12.5 Å². The van der Waals surface area contributed by atoms with Crippen molar-refractivity contribution < 1.29 is 4.74 Å². The number of anilines is 3. The summed E-state index contributed by atoms with van der Waals surface area (Å²) in [4.78, 5) is 2.51. The molecular formula is C64H45NOSi2. The molecule has 320 valence electrons. The summed E-state index contributed by atoms with van der Waals surface area (Å²) in [5.74, 6) is 1.89. The molecule has 0 saturated heterocycles. The average Bonchev–Trinajstić information content (AvgIpc) is 3.42. The van der Waals surface area contributed by atoms with E-state index < -0.39 is 16.1 Å². The van der Waals surface area contributed by atoms with E-state index in [0.717, 1.165) is 28.6 Å². The number of ether oxygens (including phenoxy) is 1. The van der Waals surface area contributed by atoms with Crippen LogP contribution in [0.2, 0.25) is 0 Å². The van der Waals surface area contributed by atoms with Crippen LogP contribution >= 0.6 is 0 Å². The molecule has 0 unspecified atom stereocenters. The van der Waals surface area contributed by atoms with Crippen molar-refractivity contribution in [1.29, 1.82) is 0 Å². The van der Waals surface area contributed by atoms with Crippen molar-refractivity contribution in [1.82, 2.24) is 0 Å². The molecule has 11 aromatic rings. The van der Waals surface area contributed by atoms with Gasteiger partial charge in [-0.15, -0.1) is 0 Å². The van der Waals surface area contributed by atoms with Gasteiger partial charge in [0.25, 0.3) is 0 Å². The van der Waals surface area contributed by atoms with Crippen molar-refractivity contribution in [2.75, 3.05) is 4.90 Å². The molecule has 2 nitrogen and oxygen atoms in total. The maximum Gasteiger partial charge on any atom is 0.188 e. The number of fused-ring (bicyclic) bond motifs is 9. The summed E-state index contributed by atoms with van der Waals surface area (Å²) in [5, 5.41) is 13.5. The zero-order valence-electron chi connectivity index (χ0n) is 37.3. The highest BCUT2D eigenvalue weighted by atomic mass is 28.3. The number of para-hydroxylation sites is 3. The summed E-state index contributed by atoms with van der Waals surface area (Å²) < 4.78 is 6.89. The van der Waals surface area contributed by atoms with E-state index in [1.807, 2.05) is 0 Å². The van der Waals surface area contributed by atoms with Crippen molar-refractivity contribution in [2.45, 2.75) is 0 Å². The molecule has 0 amide bonds. The van der Waals surface area contributed by atoms with E-state index in [4.69, 9.17) is 4.74 Å². The highest BCUT2D eigenvalue weighted by Gasteiger charge is 2.59. The Labute approximate surface area is 399 Å². The van der Waals surface area contributed by atoms with Crippen LogP contribution in [-0.4, -0.2) is 16.1 Å². The van der Waals surface area contributed by atoms with Crippen LogP contribution in [-0.2, 0) is 0 Å². The van der Waals surface area contributed by atoms with Crippen LogP contribution in [0.3, 0.4) is 0 Å². The quantitative estimate of drug-likeness (QED) is 0.148. The lowest BCUT2D eigenvalue weighted by molar-refractivity contribution is 0.487. The van der Waals surface area contributed by atoms with Crippen molar-refractivity contribution in [3.05, 3.63) is 273 Å². The first-order valence-corrected chi connectivity index (χ1v) is 27.5. The van der Waals surface area contributed by atoms with Gasteiger partial charge in [0.15, 0.2) is 16.1 Å². The second-order valence-corrected chi connectivity index (χ2v) is 25.3. The van der Waals surface area contributed by atoms with E-state index in [0.29, 0.717) is 0 Å². The second kappa shape index (κ2) is 16.2. The first-order chi connectivity index (χ1) is 33.7. The van der Waals surface area contributed by atoms with Gasteiger partial charge in [0.05, 0.1) is 5.69 Å². The van der Waals surface area contributed by atoms with E-state index in [1.165, 1.54) is 74.5 Å². The molecule has 2 heterocycles. The molecule has 0 aliphatic carbocycles. The molecule has 0 radical (unpaired) electrons. The molecule has 4 heteroatoms. The Hall–Kier alpha value is -8.29. The van der Waals surface area contributed by atoms with Crippen LogP contribution in [0.15, 0.2) is 273 Å². The summed E-state index contributed by atoms with van der Waals surface area (Å²) in [5.41, 5.74) is 8.09. The van der Waals surface area contributed by atoms with E-state index in [1.54, 1.807) is 0 Å². The molecule has 11 aromatic carbocycles. The van der Waals surface area contributed by atoms with Gasteiger partial charge in [0.1, 0.15) is 11.5 Å². The van der Waals surface area contributed by atoms with Crippen molar-refractivity contribution in [3.8, 4) is 33.8 Å². The standard InChI is InChI=1S/C64H45NOSi2/c1-4-21-47(22-5-1)55-30-12-13-32-56(55)65(49-41-39-48(40-42-49)54-31-20-24-46-23-10-11-29-53(46)54)50-43-44-63-64(45-50)67(51-25-6-2-7-26-51,52-27-8-3-9-28-52)61-37-18-19-38-62(61)68(63)59-35-16-14-33-57(59)66-58-34-15-17-36-60(58)68/h1-45H. The number of benzene rings is 11. The van der Waals surface area contributed by atoms with Gasteiger partial charge in [-0.25, -0.2) is 0 Å². The molecule has 0 atom stereocenters. The van der Waals surface area contributed by atoms with Crippen molar-refractivity contribution >= 4 is 85.5 Å². The molecule has 2 aliphatic rings. The number of hydrogen-bond donors (Lipinski definition) is 0. The van der Waals surface area contributed by atoms with Gasteiger partial charge >= 0.3 is 0 Å². The minimum absolute atomic E-state index is 0.945. The maximum atomic E-state index is 6.89. The highest BCUT2D eigenvalue weighted by molar-refractivity contribution is 7.33. The fourth-order valence-corrected chi connectivity index (χ4v) is 24.0. The Morgan fingerprint density at radius 1 is 0.294 bits per heavy atom. The number of rotatable bonds is 7. The Balaban J connectivity index is 1.14. The molecule has 0 N–H and O–H groups in total. The smallest absolute Gasteiger partial charge is 0.188 e. The molecule has 0 bridgehead atoms. The van der Waals surface area contributed by atoms with E-state index in [-0.39, 0.29) is 0 Å². The molecule has 0 saturated carbocycles. The van der Waals surface area contributed by atoms with Crippen LogP contribution in [0.4, 0.5) is 17.1 Å². The summed E-state index contributed by atoms with van der Waals surface area (Å²) >= 11 is 0. The summed E-state index contributed by atoms with van der Waals surface area (Å²) in [6.07, 6.45) is 0. The fourth-order valence-electron chi connectivity index (χ4n) is 11.7. The van der Waals surface area contributed by atoms with Crippen LogP contribution < -0.4 is 51.1 Å². The monoisotopic (exact) mass is 899 g/mol. The van der Waals surface area contributed by atoms with Gasteiger partial charge < -0.3 is 9.64 Å². The molecule has 1 spiro atoms. The van der Waals surface area contributed by atoms with Crippen molar-refractivity contribution in [3.63, 3.8) is 0 Å². The van der Waals surface area contributed by atoms with E-state index >= 15 is 0 Å². The summed E-state index contributed by atoms with van der Waals surface area (Å²) in [6.45, 7) is 0. The molecule has 0 aromatic heterocycles. The van der Waals surface area contributed by atoms with Crippen LogP contribution in [0, 0.1) is 0 Å². The minimum Gasteiger partial charge on any atom is -0.458 e. The third-order valence-electron chi connectivity index (χ3n) is 14.5. The predicted molar refractivity (Wildman–Crippen MR) is 290 cm³/mol. The molecule has 68 heavy (non-hydrogen) atoms. The van der Waals surface area contributed by atoms with Gasteiger partial charge in [-0.3, -0.25) is 0 Å². The normalized spacial score (nSPS) is 13.6. The molecular weight excluding hydrogens is 855 g/mol. The first-order valence-electron chi connectivity index (χ1n) is 23.5. The SMILES string of the molecule is c1ccc(-c2ccccc2N(c2ccc(-c3cccc4ccccc34)cc2)c2ccc3c(c2)[Si](c2ccccc2)(c2ccccc2)c2ccccc2[Si]32c3ccccc3Oc3ccccc32)cc1. The van der Waals surface area contributed by atoms with Crippen LogP contribution in [0.25, 0.3) is 33.0 Å². The van der Waals surface area contributed by atoms with E-state index in [9.17, 15) is 0 Å². The predicted octanol–water partition coefficient (Wildman–Crippen LogP) is 10.8. The molecule has 0 fully saturated rings. The van der Waals surface area contributed by atoms with E-state index in [2.05, 4.69) is 278 Å². The van der Waals surface area contributed by atoms with Gasteiger partial charge in [0.2, 0.25) is 0 Å². The Morgan fingerprint density at radius 2 is 0.765 bits per heavy atom. The number of hydrogen-bond acceptors (Lipinski definition) is 2. The molecule has 2 aliphatic heterocycles. The van der Waals surface area contributed by atoms with Crippen LogP contribution in [0.5, 0.6) is 11.5 Å². The third-order valence-corrected chi connectivity index (χ3v) is 24.8. The highest BCUT2D eigenvalue weighted by Crippen LogP contribution is 2.42. The van der Waals surface area contributed by atoms with Crippen LogP contribution in [0.1, 0.15) is 0 Å². The summed E-state index contributed by atoms with van der Waals surface area (Å²) in [7, 11) is -6.16. The zero-order chi connectivity index (χ0) is 45.1. The summed E-state index contributed by atoms with van der Waals surface area (Å²) in [6, 6.07) is 102. The maximum absolute atomic E-state index is 6.89. The fraction of sp³-hybridized carbons (Fsp3) is 0.